The lowest BCUT2D eigenvalue weighted by molar-refractivity contribution is 0.0679. The summed E-state index contributed by atoms with van der Waals surface area (Å²) in [6.45, 7) is 2.84. The number of amides is 1. The Bertz CT molecular complexity index is 599. The molecule has 0 saturated carbocycles. The average molecular weight is 422 g/mol. The van der Waals surface area contributed by atoms with Crippen LogP contribution in [0.1, 0.15) is 131 Å². The fourth-order valence-corrected chi connectivity index (χ4v) is 3.83. The van der Waals surface area contributed by atoms with Crippen molar-refractivity contribution in [1.82, 2.24) is 15.1 Å². The maximum absolute atomic E-state index is 12.1. The Morgan fingerprint density at radius 1 is 0.833 bits per heavy atom. The number of rotatable bonds is 19. The second-order valence-corrected chi connectivity index (χ2v) is 8.39. The molecule has 172 valence electrons. The van der Waals surface area contributed by atoms with Crippen molar-refractivity contribution in [2.45, 2.75) is 110 Å². The molecule has 0 aliphatic carbocycles. The lowest BCUT2D eigenvalue weighted by atomic mass is 10.0. The topological polar surface area (TPSA) is 84.2 Å². The van der Waals surface area contributed by atoms with Crippen molar-refractivity contribution in [2.24, 2.45) is 7.05 Å². The maximum Gasteiger partial charge on any atom is 0.354 e. The van der Waals surface area contributed by atoms with Crippen molar-refractivity contribution in [3.8, 4) is 0 Å². The van der Waals surface area contributed by atoms with E-state index in [2.05, 4.69) is 17.3 Å². The SMILES string of the molecule is CCCCCCCCCCCCCCCCCCNC(=O)c1cnn(C)c1C(=O)O. The molecule has 1 aromatic rings. The maximum atomic E-state index is 12.1. The molecule has 0 unspecified atom stereocenters. The highest BCUT2D eigenvalue weighted by Gasteiger charge is 2.20. The van der Waals surface area contributed by atoms with Gasteiger partial charge in [0, 0.05) is 13.6 Å². The van der Waals surface area contributed by atoms with E-state index in [1.54, 1.807) is 0 Å². The van der Waals surface area contributed by atoms with Crippen LogP contribution < -0.4 is 5.32 Å². The van der Waals surface area contributed by atoms with Gasteiger partial charge in [-0.05, 0) is 6.42 Å². The van der Waals surface area contributed by atoms with Crippen LogP contribution in [0.15, 0.2) is 6.20 Å². The predicted molar refractivity (Wildman–Crippen MR) is 122 cm³/mol. The lowest BCUT2D eigenvalue weighted by Gasteiger charge is -2.06. The van der Waals surface area contributed by atoms with E-state index < -0.39 is 5.97 Å². The number of nitrogens with zero attached hydrogens (tertiary/aromatic N) is 2. The van der Waals surface area contributed by atoms with E-state index in [4.69, 9.17) is 5.11 Å². The Morgan fingerprint density at radius 3 is 1.70 bits per heavy atom. The third kappa shape index (κ3) is 11.4. The molecule has 1 amide bonds. The molecule has 0 atom stereocenters. The van der Waals surface area contributed by atoms with Gasteiger partial charge in [-0.1, -0.05) is 103 Å². The van der Waals surface area contributed by atoms with E-state index in [1.165, 1.54) is 108 Å². The second-order valence-electron chi connectivity index (χ2n) is 8.39. The molecule has 0 fully saturated rings. The van der Waals surface area contributed by atoms with Gasteiger partial charge in [0.15, 0.2) is 5.69 Å². The molecule has 6 heteroatoms. The molecule has 1 heterocycles. The first-order valence-corrected chi connectivity index (χ1v) is 12.1. The number of carbonyl (C=O) groups is 2. The molecule has 0 aliphatic heterocycles. The lowest BCUT2D eigenvalue weighted by Crippen LogP contribution is -2.26. The van der Waals surface area contributed by atoms with E-state index in [0.29, 0.717) is 6.54 Å². The number of carbonyl (C=O) groups excluding carboxylic acids is 1. The molecule has 0 bridgehead atoms. The van der Waals surface area contributed by atoms with Gasteiger partial charge in [0.1, 0.15) is 0 Å². The number of aryl methyl sites for hydroxylation is 1. The summed E-state index contributed by atoms with van der Waals surface area (Å²) in [5, 5.41) is 15.8. The van der Waals surface area contributed by atoms with Crippen LogP contribution in [0, 0.1) is 0 Å². The Hall–Kier alpha value is -1.85. The van der Waals surface area contributed by atoms with Crippen LogP contribution in [0.2, 0.25) is 0 Å². The van der Waals surface area contributed by atoms with Crippen LogP contribution in [-0.4, -0.2) is 33.3 Å². The molecule has 30 heavy (non-hydrogen) atoms. The summed E-state index contributed by atoms with van der Waals surface area (Å²) < 4.78 is 1.21. The van der Waals surface area contributed by atoms with E-state index in [9.17, 15) is 9.59 Å². The summed E-state index contributed by atoms with van der Waals surface area (Å²) in [4.78, 5) is 23.3. The zero-order valence-electron chi connectivity index (χ0n) is 19.3. The Kier molecular flexibility index (Phi) is 14.7. The summed E-state index contributed by atoms with van der Waals surface area (Å²) in [6, 6.07) is 0. The number of aromatic nitrogens is 2. The minimum Gasteiger partial charge on any atom is -0.477 e. The second kappa shape index (κ2) is 16.9. The van der Waals surface area contributed by atoms with Gasteiger partial charge in [0.2, 0.25) is 0 Å². The predicted octanol–water partition coefficient (Wildman–Crippen LogP) is 6.11. The molecule has 0 aliphatic rings. The van der Waals surface area contributed by atoms with Crippen LogP contribution >= 0.6 is 0 Å². The minimum absolute atomic E-state index is 0.0699. The number of carboxylic acids is 1. The molecule has 6 nitrogen and oxygen atoms in total. The molecule has 0 saturated heterocycles. The van der Waals surface area contributed by atoms with Gasteiger partial charge < -0.3 is 10.4 Å². The van der Waals surface area contributed by atoms with E-state index >= 15 is 0 Å². The molecule has 0 spiro atoms. The molecule has 1 rings (SSSR count). The quantitative estimate of drug-likeness (QED) is 0.264. The van der Waals surface area contributed by atoms with E-state index in [0.717, 1.165) is 12.8 Å². The van der Waals surface area contributed by atoms with Gasteiger partial charge in [0.25, 0.3) is 5.91 Å². The number of carboxylic acid groups (broad SMARTS) is 1. The first kappa shape index (κ1) is 26.2. The Labute approximate surface area is 182 Å². The first-order valence-electron chi connectivity index (χ1n) is 12.1. The zero-order chi connectivity index (χ0) is 22.0. The normalized spacial score (nSPS) is 11.0. The van der Waals surface area contributed by atoms with Crippen molar-refractivity contribution < 1.29 is 14.7 Å². The average Bonchev–Trinajstić information content (AvgIpc) is 3.12. The van der Waals surface area contributed by atoms with Gasteiger partial charge in [-0.3, -0.25) is 9.48 Å². The number of hydrogen-bond acceptors (Lipinski definition) is 3. The van der Waals surface area contributed by atoms with Crippen LogP contribution in [-0.2, 0) is 7.05 Å². The van der Waals surface area contributed by atoms with E-state index in [-0.39, 0.29) is 17.2 Å². The minimum atomic E-state index is -1.14. The highest BCUT2D eigenvalue weighted by atomic mass is 16.4. The molecular weight excluding hydrogens is 378 g/mol. The molecular formula is C24H43N3O3. The van der Waals surface area contributed by atoms with E-state index in [1.807, 2.05) is 0 Å². The van der Waals surface area contributed by atoms with Gasteiger partial charge >= 0.3 is 5.97 Å². The van der Waals surface area contributed by atoms with Gasteiger partial charge in [0.05, 0.1) is 11.8 Å². The standard InChI is InChI=1S/C24H43N3O3/c1-3-4-5-6-7-8-9-10-11-12-13-14-15-16-17-18-19-25-23(28)21-20-26-27(2)22(21)24(29)30/h20H,3-19H2,1-2H3,(H,25,28)(H,29,30). The highest BCUT2D eigenvalue weighted by molar-refractivity contribution is 6.03. The molecule has 2 N–H and O–H groups in total. The number of hydrogen-bond donors (Lipinski definition) is 2. The largest absolute Gasteiger partial charge is 0.477 e. The summed E-state index contributed by atoms with van der Waals surface area (Å²) >= 11 is 0. The first-order chi connectivity index (χ1) is 14.6. The smallest absolute Gasteiger partial charge is 0.354 e. The third-order valence-electron chi connectivity index (χ3n) is 5.70. The van der Waals surface area contributed by atoms with Crippen molar-refractivity contribution in [3.05, 3.63) is 17.5 Å². The van der Waals surface area contributed by atoms with Crippen LogP contribution in [0.5, 0.6) is 0 Å². The number of nitrogens with one attached hydrogen (secondary N) is 1. The van der Waals surface area contributed by atoms with Crippen molar-refractivity contribution in [3.63, 3.8) is 0 Å². The number of aromatic carboxylic acids is 1. The highest BCUT2D eigenvalue weighted by Crippen LogP contribution is 2.13. The monoisotopic (exact) mass is 421 g/mol. The summed E-state index contributed by atoms with van der Waals surface area (Å²) in [6.07, 6.45) is 22.4. The Morgan fingerprint density at radius 2 is 1.27 bits per heavy atom. The number of unbranched alkanes of at least 4 members (excludes halogenated alkanes) is 15. The fraction of sp³-hybridized carbons (Fsp3) is 0.792. The fourth-order valence-electron chi connectivity index (χ4n) is 3.83. The van der Waals surface area contributed by atoms with Crippen LogP contribution in [0.3, 0.4) is 0 Å². The van der Waals surface area contributed by atoms with Gasteiger partial charge in [-0.15, -0.1) is 0 Å². The van der Waals surface area contributed by atoms with Crippen LogP contribution in [0.4, 0.5) is 0 Å². The Balaban J connectivity index is 1.89. The van der Waals surface area contributed by atoms with Gasteiger partial charge in [-0.25, -0.2) is 4.79 Å². The molecule has 0 aromatic carbocycles. The van der Waals surface area contributed by atoms with Crippen molar-refractivity contribution in [2.75, 3.05) is 6.54 Å². The third-order valence-corrected chi connectivity index (χ3v) is 5.70. The van der Waals surface area contributed by atoms with Crippen LogP contribution in [0.25, 0.3) is 0 Å². The summed E-state index contributed by atoms with van der Waals surface area (Å²) in [5.41, 5.74) is 0.0565. The molecule has 1 aromatic heterocycles. The zero-order valence-corrected chi connectivity index (χ0v) is 19.3. The summed E-state index contributed by atoms with van der Waals surface area (Å²) in [7, 11) is 1.52. The van der Waals surface area contributed by atoms with Gasteiger partial charge in [-0.2, -0.15) is 5.10 Å². The van der Waals surface area contributed by atoms with Crippen molar-refractivity contribution >= 4 is 11.9 Å². The van der Waals surface area contributed by atoms with Crippen molar-refractivity contribution in [1.29, 1.82) is 0 Å². The molecule has 0 radical (unpaired) electrons. The summed E-state index contributed by atoms with van der Waals surface area (Å²) in [5.74, 6) is -1.50.